The van der Waals surface area contributed by atoms with Crippen LogP contribution in [0.25, 0.3) is 0 Å². The van der Waals surface area contributed by atoms with Crippen LogP contribution in [0.3, 0.4) is 0 Å². The van der Waals surface area contributed by atoms with Crippen molar-refractivity contribution in [2.45, 2.75) is 37.1 Å². The van der Waals surface area contributed by atoms with Gasteiger partial charge in [0.1, 0.15) is 0 Å². The fraction of sp³-hybridized carbons (Fsp3) is 0.333. The Balaban J connectivity index is 0.00000200. The van der Waals surface area contributed by atoms with Crippen molar-refractivity contribution in [1.82, 2.24) is 0 Å². The number of benzene rings is 2. The molecule has 0 aromatic heterocycles. The Morgan fingerprint density at radius 2 is 1.20 bits per heavy atom. The fourth-order valence-electron chi connectivity index (χ4n) is 2.60. The molecule has 2 aromatic carbocycles. The molecule has 0 aliphatic carbocycles. The van der Waals surface area contributed by atoms with Crippen LogP contribution in [0, 0.1) is 0 Å². The van der Waals surface area contributed by atoms with Gasteiger partial charge in [-0.05, 0) is 0 Å². The average molecular weight is 442 g/mol. The van der Waals surface area contributed by atoms with Crippen molar-refractivity contribution in [3.8, 4) is 0 Å². The van der Waals surface area contributed by atoms with E-state index in [0.29, 0.717) is 0 Å². The Kier molecular flexibility index (Phi) is 7.90. The summed E-state index contributed by atoms with van der Waals surface area (Å²) in [4.78, 5) is 0. The smallest absolute Gasteiger partial charge is 1.00 e. The summed E-state index contributed by atoms with van der Waals surface area (Å²) in [6.07, 6.45) is 4.03. The minimum absolute atomic E-state index is 0. The second kappa shape index (κ2) is 8.89. The van der Waals surface area contributed by atoms with Crippen molar-refractivity contribution in [3.05, 3.63) is 60.7 Å². The van der Waals surface area contributed by atoms with Crippen molar-refractivity contribution >= 4 is 22.3 Å². The average Bonchev–Trinajstić information content (AvgIpc) is 2.49. The summed E-state index contributed by atoms with van der Waals surface area (Å²) in [6.45, 7) is 2.29. The van der Waals surface area contributed by atoms with E-state index in [-0.39, 0.29) is 24.0 Å². The Hall–Kier alpha value is -0.272. The third-order valence-corrected chi connectivity index (χ3v) is 12.4. The van der Waals surface area contributed by atoms with Crippen LogP contribution < -0.4 is 32.7 Å². The molecule has 0 aliphatic heterocycles. The van der Waals surface area contributed by atoms with Crippen LogP contribution in [-0.4, -0.2) is 13.6 Å². The van der Waals surface area contributed by atoms with Gasteiger partial charge >= 0.3 is 120 Å². The minimum atomic E-state index is -1.94. The van der Waals surface area contributed by atoms with Crippen molar-refractivity contribution in [3.63, 3.8) is 0 Å². The van der Waals surface area contributed by atoms with Gasteiger partial charge < -0.3 is 24.0 Å². The quantitative estimate of drug-likeness (QED) is 0.357. The fourth-order valence-corrected chi connectivity index (χ4v) is 9.59. The van der Waals surface area contributed by atoms with Crippen LogP contribution in [0.4, 0.5) is 0 Å². The minimum Gasteiger partial charge on any atom is -1.00 e. The van der Waals surface area contributed by atoms with Crippen LogP contribution in [0.15, 0.2) is 60.7 Å². The van der Waals surface area contributed by atoms with E-state index in [4.69, 9.17) is 0 Å². The maximum atomic E-state index is 2.55. The number of hydrogen-bond acceptors (Lipinski definition) is 0. The molecule has 108 valence electrons. The van der Waals surface area contributed by atoms with E-state index in [0.717, 1.165) is 0 Å². The van der Waals surface area contributed by atoms with Crippen LogP contribution in [-0.2, 0) is 0 Å². The molecular formula is C18H24AsI. The van der Waals surface area contributed by atoms with Gasteiger partial charge in [-0.3, -0.25) is 0 Å². The molecule has 0 radical (unpaired) electrons. The van der Waals surface area contributed by atoms with Gasteiger partial charge in [-0.15, -0.1) is 0 Å². The van der Waals surface area contributed by atoms with E-state index in [1.54, 1.807) is 8.70 Å². The molecule has 0 aliphatic rings. The molecule has 0 saturated carbocycles. The molecule has 2 rings (SSSR count). The van der Waals surface area contributed by atoms with E-state index in [1.165, 1.54) is 24.5 Å². The van der Waals surface area contributed by atoms with Crippen molar-refractivity contribution in [2.24, 2.45) is 0 Å². The zero-order valence-electron chi connectivity index (χ0n) is 12.4. The molecule has 0 nitrogen and oxygen atoms in total. The van der Waals surface area contributed by atoms with E-state index in [2.05, 4.69) is 73.3 Å². The number of rotatable bonds is 6. The summed E-state index contributed by atoms with van der Waals surface area (Å²) in [7, 11) is 0. The second-order valence-electron chi connectivity index (χ2n) is 5.29. The van der Waals surface area contributed by atoms with E-state index in [9.17, 15) is 0 Å². The molecule has 0 amide bonds. The number of hydrogen-bond donors (Lipinski definition) is 0. The first-order valence-corrected chi connectivity index (χ1v) is 12.3. The van der Waals surface area contributed by atoms with Gasteiger partial charge in [-0.1, -0.05) is 0 Å². The Labute approximate surface area is 143 Å². The first-order valence-electron chi connectivity index (χ1n) is 7.24. The Bertz CT molecular complexity index is 442. The van der Waals surface area contributed by atoms with Gasteiger partial charge in [-0.2, -0.15) is 0 Å². The van der Waals surface area contributed by atoms with E-state index >= 15 is 0 Å². The molecule has 0 heterocycles. The SMILES string of the molecule is CCCCC[As+](C)(c1ccccc1)c1ccccc1.[I-]. The van der Waals surface area contributed by atoms with Crippen LogP contribution >= 0.6 is 0 Å². The van der Waals surface area contributed by atoms with E-state index < -0.39 is 13.6 Å². The van der Waals surface area contributed by atoms with Crippen molar-refractivity contribution < 1.29 is 24.0 Å². The van der Waals surface area contributed by atoms with Gasteiger partial charge in [0.25, 0.3) is 0 Å². The van der Waals surface area contributed by atoms with E-state index in [1.807, 2.05) is 0 Å². The molecule has 2 aromatic rings. The summed E-state index contributed by atoms with van der Waals surface area (Å²) in [6, 6.07) is 22.4. The maximum absolute atomic E-state index is 2.55. The molecule has 0 spiro atoms. The van der Waals surface area contributed by atoms with Crippen molar-refractivity contribution in [2.75, 3.05) is 0 Å². The standard InChI is InChI=1S/C18H24As.HI/c1-3-4-11-16-19(2,17-12-7-5-8-13-17)18-14-9-6-10-15-18;/h5-10,12-15H,3-4,11,16H2,1-2H3;1H/q+1;/p-1. The summed E-state index contributed by atoms with van der Waals surface area (Å²) < 4.78 is 3.20. The zero-order valence-corrected chi connectivity index (χ0v) is 16.5. The Morgan fingerprint density at radius 1 is 0.750 bits per heavy atom. The summed E-state index contributed by atoms with van der Waals surface area (Å²) >= 11 is -1.94. The molecule has 0 saturated heterocycles. The monoisotopic (exact) mass is 442 g/mol. The molecule has 0 bridgehead atoms. The largest absolute Gasteiger partial charge is 1.00 e. The topological polar surface area (TPSA) is 0 Å². The van der Waals surface area contributed by atoms with Crippen LogP contribution in [0.5, 0.6) is 0 Å². The first-order chi connectivity index (χ1) is 9.27. The summed E-state index contributed by atoms with van der Waals surface area (Å²) in [5.41, 5.74) is 2.55. The molecular weight excluding hydrogens is 418 g/mol. The third kappa shape index (κ3) is 4.36. The molecule has 0 N–H and O–H groups in total. The van der Waals surface area contributed by atoms with Crippen molar-refractivity contribution in [1.29, 1.82) is 0 Å². The summed E-state index contributed by atoms with van der Waals surface area (Å²) in [5, 5.41) is 1.39. The molecule has 0 fully saturated rings. The normalized spacial score (nSPS) is 10.9. The van der Waals surface area contributed by atoms with Gasteiger partial charge in [0.05, 0.1) is 0 Å². The maximum Gasteiger partial charge on any atom is -1.00 e. The second-order valence-corrected chi connectivity index (χ2v) is 13.4. The Morgan fingerprint density at radius 3 is 1.60 bits per heavy atom. The van der Waals surface area contributed by atoms with Crippen LogP contribution in [0.1, 0.15) is 26.2 Å². The molecule has 20 heavy (non-hydrogen) atoms. The molecule has 0 atom stereocenters. The first kappa shape index (κ1) is 17.8. The third-order valence-electron chi connectivity index (χ3n) is 3.86. The van der Waals surface area contributed by atoms with Gasteiger partial charge in [0, 0.05) is 0 Å². The molecule has 2 heteroatoms. The van der Waals surface area contributed by atoms with Gasteiger partial charge in [0.15, 0.2) is 0 Å². The summed E-state index contributed by atoms with van der Waals surface area (Å²) in [5.74, 6) is 0. The molecule has 0 unspecified atom stereocenters. The predicted molar refractivity (Wildman–Crippen MR) is 88.1 cm³/mol. The van der Waals surface area contributed by atoms with Gasteiger partial charge in [-0.25, -0.2) is 0 Å². The number of halogens is 1. The zero-order chi connectivity index (χ0) is 13.6. The van der Waals surface area contributed by atoms with Gasteiger partial charge in [0.2, 0.25) is 0 Å². The number of unbranched alkanes of at least 4 members (excludes halogenated alkanes) is 2. The van der Waals surface area contributed by atoms with Crippen LogP contribution in [0.2, 0.25) is 10.9 Å². The predicted octanol–water partition coefficient (Wildman–Crippen LogP) is 1.07.